The number of carboxylic acid groups (broad SMARTS) is 1. The molecule has 1 unspecified atom stereocenters. The number of hydrogen-bond acceptors (Lipinski definition) is 4. The summed E-state index contributed by atoms with van der Waals surface area (Å²) in [6.07, 6.45) is 4.52. The molecule has 1 atom stereocenters. The van der Waals surface area contributed by atoms with Crippen molar-refractivity contribution in [3.05, 3.63) is 65.7 Å². The first-order valence-corrected chi connectivity index (χ1v) is 11.2. The summed E-state index contributed by atoms with van der Waals surface area (Å²) in [4.78, 5) is 16.5. The molecule has 0 amide bonds. The summed E-state index contributed by atoms with van der Waals surface area (Å²) in [5.74, 6) is 0.751. The number of rotatable bonds is 6. The van der Waals surface area contributed by atoms with E-state index in [9.17, 15) is 9.90 Å². The molecule has 2 aromatic carbocycles. The van der Waals surface area contributed by atoms with Crippen molar-refractivity contribution < 1.29 is 9.90 Å². The SMILES string of the molecule is N=C(N)c1ccc(N2CCC(C3CCN(C(C(=O)O)c4ccccc4)CC3)CC2)cc1. The van der Waals surface area contributed by atoms with Crippen molar-refractivity contribution in [1.82, 2.24) is 4.90 Å². The van der Waals surface area contributed by atoms with Crippen molar-refractivity contribution in [3.8, 4) is 0 Å². The van der Waals surface area contributed by atoms with Crippen LogP contribution in [0.1, 0.15) is 42.9 Å². The molecule has 31 heavy (non-hydrogen) atoms. The number of anilines is 1. The molecule has 164 valence electrons. The molecule has 0 spiro atoms. The summed E-state index contributed by atoms with van der Waals surface area (Å²) in [6, 6.07) is 17.0. The lowest BCUT2D eigenvalue weighted by atomic mass is 9.78. The van der Waals surface area contributed by atoms with E-state index in [1.165, 1.54) is 18.5 Å². The molecule has 4 rings (SSSR count). The van der Waals surface area contributed by atoms with E-state index in [1.807, 2.05) is 42.5 Å². The Bertz CT molecular complexity index is 883. The minimum atomic E-state index is -0.756. The highest BCUT2D eigenvalue weighted by Crippen LogP contribution is 2.36. The maximum atomic E-state index is 11.9. The van der Waals surface area contributed by atoms with Gasteiger partial charge in [-0.25, -0.2) is 0 Å². The number of nitrogens with two attached hydrogens (primary N) is 1. The molecule has 0 aliphatic carbocycles. The fourth-order valence-electron chi connectivity index (χ4n) is 5.27. The first-order chi connectivity index (χ1) is 15.0. The topological polar surface area (TPSA) is 93.7 Å². The van der Waals surface area contributed by atoms with Gasteiger partial charge in [0.25, 0.3) is 0 Å². The van der Waals surface area contributed by atoms with Crippen LogP contribution in [-0.2, 0) is 4.79 Å². The molecule has 2 saturated heterocycles. The molecule has 2 heterocycles. The highest BCUT2D eigenvalue weighted by molar-refractivity contribution is 5.95. The number of carbonyl (C=O) groups is 1. The van der Waals surface area contributed by atoms with Crippen molar-refractivity contribution in [3.63, 3.8) is 0 Å². The average molecular weight is 421 g/mol. The number of nitrogen functional groups attached to an aromatic ring is 1. The van der Waals surface area contributed by atoms with Gasteiger partial charge in [-0.3, -0.25) is 15.1 Å². The van der Waals surface area contributed by atoms with Crippen LogP contribution in [0, 0.1) is 17.2 Å². The van der Waals surface area contributed by atoms with Crippen LogP contribution in [-0.4, -0.2) is 48.0 Å². The molecule has 0 aromatic heterocycles. The van der Waals surface area contributed by atoms with E-state index in [1.54, 1.807) is 0 Å². The van der Waals surface area contributed by atoms with Crippen molar-refractivity contribution in [2.45, 2.75) is 31.7 Å². The minimum Gasteiger partial charge on any atom is -0.480 e. The normalized spacial score (nSPS) is 19.8. The molecule has 2 aliphatic rings. The number of hydrogen-bond donors (Lipinski definition) is 3. The Morgan fingerprint density at radius 2 is 1.45 bits per heavy atom. The van der Waals surface area contributed by atoms with Crippen LogP contribution in [0.2, 0.25) is 0 Å². The molecule has 2 aromatic rings. The van der Waals surface area contributed by atoms with Crippen LogP contribution in [0.3, 0.4) is 0 Å². The van der Waals surface area contributed by atoms with Crippen molar-refractivity contribution >= 4 is 17.5 Å². The number of carboxylic acids is 1. The van der Waals surface area contributed by atoms with Crippen LogP contribution in [0.25, 0.3) is 0 Å². The maximum absolute atomic E-state index is 11.9. The number of likely N-dealkylation sites (tertiary alicyclic amines) is 1. The van der Waals surface area contributed by atoms with Crippen LogP contribution in [0.15, 0.2) is 54.6 Å². The van der Waals surface area contributed by atoms with E-state index < -0.39 is 12.0 Å². The zero-order chi connectivity index (χ0) is 21.8. The Morgan fingerprint density at radius 1 is 0.903 bits per heavy atom. The zero-order valence-electron chi connectivity index (χ0n) is 17.9. The number of aliphatic carboxylic acids is 1. The Hall–Kier alpha value is -2.86. The van der Waals surface area contributed by atoms with Crippen molar-refractivity contribution in [1.29, 1.82) is 5.41 Å². The molecule has 0 radical (unpaired) electrons. The highest BCUT2D eigenvalue weighted by atomic mass is 16.4. The Balaban J connectivity index is 1.30. The fraction of sp³-hybridized carbons (Fsp3) is 0.440. The van der Waals surface area contributed by atoms with Crippen LogP contribution in [0.5, 0.6) is 0 Å². The van der Waals surface area contributed by atoms with Gasteiger partial charge in [0.15, 0.2) is 0 Å². The van der Waals surface area contributed by atoms with Gasteiger partial charge in [-0.15, -0.1) is 0 Å². The second-order valence-electron chi connectivity index (χ2n) is 8.81. The third-order valence-electron chi connectivity index (χ3n) is 7.04. The number of nitrogens with zero attached hydrogens (tertiary/aromatic N) is 2. The van der Waals surface area contributed by atoms with Crippen LogP contribution in [0.4, 0.5) is 5.69 Å². The number of benzene rings is 2. The van der Waals surface area contributed by atoms with E-state index in [0.29, 0.717) is 5.92 Å². The average Bonchev–Trinajstić information content (AvgIpc) is 2.80. The van der Waals surface area contributed by atoms with Gasteiger partial charge >= 0.3 is 5.97 Å². The van der Waals surface area contributed by atoms with E-state index >= 15 is 0 Å². The number of amidine groups is 1. The second kappa shape index (κ2) is 9.52. The fourth-order valence-corrected chi connectivity index (χ4v) is 5.27. The Kier molecular flexibility index (Phi) is 6.56. The van der Waals surface area contributed by atoms with Gasteiger partial charge in [0.05, 0.1) is 0 Å². The van der Waals surface area contributed by atoms with Crippen molar-refractivity contribution in [2.75, 3.05) is 31.1 Å². The second-order valence-corrected chi connectivity index (χ2v) is 8.81. The summed E-state index contributed by atoms with van der Waals surface area (Å²) in [7, 11) is 0. The summed E-state index contributed by atoms with van der Waals surface area (Å²) in [5, 5.41) is 17.3. The number of nitrogens with one attached hydrogen (secondary N) is 1. The Labute approximate surface area is 184 Å². The monoisotopic (exact) mass is 420 g/mol. The smallest absolute Gasteiger partial charge is 0.325 e. The van der Waals surface area contributed by atoms with E-state index in [4.69, 9.17) is 11.1 Å². The zero-order valence-corrected chi connectivity index (χ0v) is 17.9. The van der Waals surface area contributed by atoms with E-state index in [2.05, 4.69) is 21.9 Å². The lowest BCUT2D eigenvalue weighted by molar-refractivity contribution is -0.144. The molecular weight excluding hydrogens is 388 g/mol. The summed E-state index contributed by atoms with van der Waals surface area (Å²) < 4.78 is 0. The summed E-state index contributed by atoms with van der Waals surface area (Å²) >= 11 is 0. The minimum absolute atomic E-state index is 0.106. The lowest BCUT2D eigenvalue weighted by Crippen LogP contribution is -2.43. The van der Waals surface area contributed by atoms with Gasteiger partial charge < -0.3 is 15.7 Å². The molecule has 4 N–H and O–H groups in total. The van der Waals surface area contributed by atoms with Crippen LogP contribution < -0.4 is 10.6 Å². The first kappa shape index (κ1) is 21.4. The Morgan fingerprint density at radius 3 is 1.97 bits per heavy atom. The van der Waals surface area contributed by atoms with Gasteiger partial charge in [-0.2, -0.15) is 0 Å². The largest absolute Gasteiger partial charge is 0.480 e. The summed E-state index contributed by atoms with van der Waals surface area (Å²) in [6.45, 7) is 3.80. The van der Waals surface area contributed by atoms with Gasteiger partial charge in [0.2, 0.25) is 0 Å². The van der Waals surface area contributed by atoms with Gasteiger partial charge in [-0.05, 0) is 80.4 Å². The van der Waals surface area contributed by atoms with Gasteiger partial charge in [0.1, 0.15) is 11.9 Å². The van der Waals surface area contributed by atoms with Crippen molar-refractivity contribution in [2.24, 2.45) is 17.6 Å². The molecular formula is C25H32N4O2. The molecule has 0 saturated carbocycles. The number of piperidine rings is 2. The molecule has 2 fully saturated rings. The third-order valence-corrected chi connectivity index (χ3v) is 7.04. The molecule has 0 bridgehead atoms. The first-order valence-electron chi connectivity index (χ1n) is 11.2. The molecule has 6 heteroatoms. The van der Waals surface area contributed by atoms with E-state index in [0.717, 1.165) is 56.1 Å². The molecule has 2 aliphatic heterocycles. The third kappa shape index (κ3) is 4.90. The lowest BCUT2D eigenvalue weighted by Gasteiger charge is -2.42. The predicted octanol–water partition coefficient (Wildman–Crippen LogP) is 3.72. The maximum Gasteiger partial charge on any atom is 0.325 e. The van der Waals surface area contributed by atoms with Gasteiger partial charge in [0, 0.05) is 24.3 Å². The quantitative estimate of drug-likeness (QED) is 0.489. The summed E-state index contributed by atoms with van der Waals surface area (Å²) in [5.41, 5.74) is 8.39. The van der Waals surface area contributed by atoms with E-state index in [-0.39, 0.29) is 5.84 Å². The van der Waals surface area contributed by atoms with Gasteiger partial charge in [-0.1, -0.05) is 30.3 Å². The van der Waals surface area contributed by atoms with Crippen LogP contribution >= 0.6 is 0 Å². The highest BCUT2D eigenvalue weighted by Gasteiger charge is 2.34. The predicted molar refractivity (Wildman–Crippen MR) is 124 cm³/mol. The standard InChI is InChI=1S/C25H32N4O2/c26-24(27)21-6-8-22(9-7-21)28-14-10-18(11-15-28)19-12-16-29(17-13-19)23(25(30)31)20-4-2-1-3-5-20/h1-9,18-19,23H,10-17H2,(H3,26,27)(H,30,31). The molecule has 6 nitrogen and oxygen atoms in total.